The highest BCUT2D eigenvalue weighted by Gasteiger charge is 2.21. The largest absolute Gasteiger partial charge is 0.370 e. The lowest BCUT2D eigenvalue weighted by Gasteiger charge is -2.19. The van der Waals surface area contributed by atoms with Crippen LogP contribution in [0.15, 0.2) is 59.6 Å². The van der Waals surface area contributed by atoms with Gasteiger partial charge in [-0.3, -0.25) is 24.7 Å². The molecule has 1 atom stereocenters. The van der Waals surface area contributed by atoms with E-state index in [-0.39, 0.29) is 37.1 Å². The zero-order valence-electron chi connectivity index (χ0n) is 20.9. The number of nitrogens with one attached hydrogen (secondary N) is 4. The molecule has 0 aliphatic carbocycles. The maximum Gasteiger partial charge on any atom is 0.269 e. The number of anilines is 1. The van der Waals surface area contributed by atoms with Crippen molar-refractivity contribution in [3.05, 3.63) is 60.2 Å². The fraction of sp³-hybridized carbons (Fsp3) is 0.320. The lowest BCUT2D eigenvalue weighted by molar-refractivity contribution is -0.129. The fourth-order valence-corrected chi connectivity index (χ4v) is 3.58. The molecule has 0 aliphatic rings. The Kier molecular flexibility index (Phi) is 10.7. The monoisotopic (exact) mass is 520 g/mol. The van der Waals surface area contributed by atoms with Crippen LogP contribution in [0.3, 0.4) is 0 Å². The summed E-state index contributed by atoms with van der Waals surface area (Å²) < 4.78 is 0. The number of aliphatic imine (C=N–C) groups is 1. The van der Waals surface area contributed by atoms with Crippen LogP contribution in [-0.4, -0.2) is 63.4 Å². The van der Waals surface area contributed by atoms with Crippen LogP contribution < -0.4 is 27.4 Å². The van der Waals surface area contributed by atoms with Gasteiger partial charge in [0.15, 0.2) is 5.96 Å². The van der Waals surface area contributed by atoms with Crippen LogP contribution in [0.2, 0.25) is 0 Å². The minimum atomic E-state index is -0.817. The van der Waals surface area contributed by atoms with Gasteiger partial charge in [0, 0.05) is 32.4 Å². The van der Waals surface area contributed by atoms with Crippen molar-refractivity contribution in [3.63, 3.8) is 0 Å². The highest BCUT2D eigenvalue weighted by Crippen LogP contribution is 2.19. The molecule has 0 fully saturated rings. The van der Waals surface area contributed by atoms with Crippen molar-refractivity contribution in [1.29, 1.82) is 0 Å². The summed E-state index contributed by atoms with van der Waals surface area (Å²) in [5.41, 5.74) is 13.6. The molecule has 2 aromatic carbocycles. The molecule has 8 N–H and O–H groups in total. The SMILES string of the molecule is NC(N)=NCCCCNC(=O)[C@@H](Cc1ccc(-c2ccccc2)cc1)NC(=O)CCC(=O)Nc1nn[nH]n1. The summed E-state index contributed by atoms with van der Waals surface area (Å²) in [6.07, 6.45) is 1.44. The molecule has 3 rings (SSSR count). The molecular formula is C25H32N10O3. The zero-order valence-corrected chi connectivity index (χ0v) is 20.9. The smallest absolute Gasteiger partial charge is 0.269 e. The quantitative estimate of drug-likeness (QED) is 0.0998. The van der Waals surface area contributed by atoms with Crippen molar-refractivity contribution < 1.29 is 14.4 Å². The first-order chi connectivity index (χ1) is 18.4. The predicted octanol–water partition coefficient (Wildman–Crippen LogP) is 0.483. The summed E-state index contributed by atoms with van der Waals surface area (Å²) in [4.78, 5) is 41.5. The lowest BCUT2D eigenvalue weighted by atomic mass is 10.00. The van der Waals surface area contributed by atoms with Crippen LogP contribution in [0.4, 0.5) is 5.95 Å². The highest BCUT2D eigenvalue weighted by molar-refractivity contribution is 5.93. The number of tetrazole rings is 1. The van der Waals surface area contributed by atoms with E-state index >= 15 is 0 Å². The summed E-state index contributed by atoms with van der Waals surface area (Å²) in [5.74, 6) is -1.14. The molecule has 0 unspecified atom stereocenters. The van der Waals surface area contributed by atoms with Gasteiger partial charge in [0.1, 0.15) is 6.04 Å². The third kappa shape index (κ3) is 9.68. The normalized spacial score (nSPS) is 11.3. The number of H-pyrrole nitrogens is 1. The lowest BCUT2D eigenvalue weighted by Crippen LogP contribution is -2.48. The molecule has 0 radical (unpaired) electrons. The number of aromatic nitrogens is 4. The van der Waals surface area contributed by atoms with E-state index in [1.165, 1.54) is 0 Å². The van der Waals surface area contributed by atoms with Gasteiger partial charge in [0.05, 0.1) is 0 Å². The second-order valence-corrected chi connectivity index (χ2v) is 8.48. The van der Waals surface area contributed by atoms with Crippen LogP contribution in [0.1, 0.15) is 31.2 Å². The topological polar surface area (TPSA) is 206 Å². The van der Waals surface area contributed by atoms with Crippen LogP contribution in [-0.2, 0) is 20.8 Å². The molecule has 0 spiro atoms. The molecule has 200 valence electrons. The molecule has 0 bridgehead atoms. The van der Waals surface area contributed by atoms with E-state index in [1.807, 2.05) is 54.6 Å². The number of benzene rings is 2. The minimum Gasteiger partial charge on any atom is -0.370 e. The Hall–Kier alpha value is -4.81. The summed E-state index contributed by atoms with van der Waals surface area (Å²) in [7, 11) is 0. The van der Waals surface area contributed by atoms with E-state index in [1.54, 1.807) is 0 Å². The van der Waals surface area contributed by atoms with E-state index in [0.717, 1.165) is 16.7 Å². The molecular weight excluding hydrogens is 488 g/mol. The van der Waals surface area contributed by atoms with E-state index in [0.29, 0.717) is 25.9 Å². The number of aromatic amines is 1. The number of carbonyl (C=O) groups excluding carboxylic acids is 3. The van der Waals surface area contributed by atoms with E-state index in [2.05, 4.69) is 41.6 Å². The molecule has 1 heterocycles. The standard InChI is InChI=1S/C25H32N10O3/c26-24(27)29-15-5-4-14-28-23(38)20(30-21(36)12-13-22(37)31-25-32-34-35-33-25)16-17-8-10-19(11-9-17)18-6-2-1-3-7-18/h1-3,6-11,20H,4-5,12-16H2,(H,28,38)(H,30,36)(H4,26,27,29)(H2,31,32,33,34,35,37)/t20-/m1/s1. The summed E-state index contributed by atoms with van der Waals surface area (Å²) >= 11 is 0. The maximum atomic E-state index is 13.0. The van der Waals surface area contributed by atoms with Crippen molar-refractivity contribution in [1.82, 2.24) is 31.3 Å². The second kappa shape index (κ2) is 14.7. The Morgan fingerprint density at radius 1 is 0.921 bits per heavy atom. The zero-order chi connectivity index (χ0) is 27.2. The molecule has 3 aromatic rings. The average Bonchev–Trinajstić information content (AvgIpc) is 3.42. The number of hydrogen-bond acceptors (Lipinski definition) is 7. The van der Waals surface area contributed by atoms with Crippen molar-refractivity contribution >= 4 is 29.6 Å². The molecule has 0 saturated heterocycles. The summed E-state index contributed by atoms with van der Waals surface area (Å²) in [6, 6.07) is 17.0. The van der Waals surface area contributed by atoms with Gasteiger partial charge < -0.3 is 22.1 Å². The van der Waals surface area contributed by atoms with Crippen molar-refractivity contribution in [2.24, 2.45) is 16.5 Å². The van der Waals surface area contributed by atoms with E-state index in [9.17, 15) is 14.4 Å². The van der Waals surface area contributed by atoms with Crippen LogP contribution in [0.25, 0.3) is 11.1 Å². The Morgan fingerprint density at radius 2 is 1.63 bits per heavy atom. The number of carbonyl (C=O) groups is 3. The second-order valence-electron chi connectivity index (χ2n) is 8.48. The Morgan fingerprint density at radius 3 is 2.32 bits per heavy atom. The third-order valence-corrected chi connectivity index (χ3v) is 5.51. The van der Waals surface area contributed by atoms with Gasteiger partial charge in [-0.15, -0.1) is 5.10 Å². The fourth-order valence-electron chi connectivity index (χ4n) is 3.58. The number of amides is 3. The molecule has 13 heteroatoms. The molecule has 13 nitrogen and oxygen atoms in total. The van der Waals surface area contributed by atoms with Gasteiger partial charge in [-0.2, -0.15) is 5.21 Å². The Balaban J connectivity index is 1.57. The number of unbranched alkanes of at least 4 members (excludes halogenated alkanes) is 1. The van der Waals surface area contributed by atoms with Gasteiger partial charge in [0.25, 0.3) is 5.95 Å². The molecule has 0 aliphatic heterocycles. The summed E-state index contributed by atoms with van der Waals surface area (Å²) in [6.45, 7) is 0.878. The van der Waals surface area contributed by atoms with Crippen LogP contribution in [0, 0.1) is 0 Å². The first-order valence-electron chi connectivity index (χ1n) is 12.2. The molecule has 0 saturated carbocycles. The first-order valence-corrected chi connectivity index (χ1v) is 12.2. The Labute approximate surface area is 219 Å². The number of rotatable bonds is 14. The van der Waals surface area contributed by atoms with Crippen LogP contribution >= 0.6 is 0 Å². The molecule has 3 amide bonds. The van der Waals surface area contributed by atoms with Gasteiger partial charge in [-0.25, -0.2) is 0 Å². The highest BCUT2D eigenvalue weighted by atomic mass is 16.2. The molecule has 1 aromatic heterocycles. The van der Waals surface area contributed by atoms with E-state index < -0.39 is 17.9 Å². The average molecular weight is 521 g/mol. The van der Waals surface area contributed by atoms with Crippen molar-refractivity contribution in [2.45, 2.75) is 38.1 Å². The van der Waals surface area contributed by atoms with Gasteiger partial charge >= 0.3 is 0 Å². The third-order valence-electron chi connectivity index (χ3n) is 5.51. The number of guanidine groups is 1. The predicted molar refractivity (Wildman–Crippen MR) is 142 cm³/mol. The van der Waals surface area contributed by atoms with Crippen molar-refractivity contribution in [2.75, 3.05) is 18.4 Å². The van der Waals surface area contributed by atoms with Crippen LogP contribution in [0.5, 0.6) is 0 Å². The minimum absolute atomic E-state index is 0.0199. The van der Waals surface area contributed by atoms with Crippen molar-refractivity contribution in [3.8, 4) is 11.1 Å². The molecule has 38 heavy (non-hydrogen) atoms. The maximum absolute atomic E-state index is 13.0. The van der Waals surface area contributed by atoms with Gasteiger partial charge in [-0.1, -0.05) is 59.7 Å². The number of nitrogens with two attached hydrogens (primary N) is 2. The summed E-state index contributed by atoms with van der Waals surface area (Å²) in [5, 5.41) is 20.9. The van der Waals surface area contributed by atoms with Gasteiger partial charge in [0.2, 0.25) is 17.7 Å². The first kappa shape index (κ1) is 27.8. The van der Waals surface area contributed by atoms with Gasteiger partial charge in [-0.05, 0) is 34.7 Å². The van der Waals surface area contributed by atoms with E-state index in [4.69, 9.17) is 11.5 Å². The Bertz CT molecular complexity index is 1190. The number of nitrogens with zero attached hydrogens (tertiary/aromatic N) is 4. The number of hydrogen-bond donors (Lipinski definition) is 6.